The second-order valence-electron chi connectivity index (χ2n) is 8.10. The van der Waals surface area contributed by atoms with Crippen molar-refractivity contribution in [1.29, 1.82) is 0 Å². The first-order valence-electron chi connectivity index (χ1n) is 11.1. The maximum atomic E-state index is 10.9. The minimum atomic E-state index is -1.45. The van der Waals surface area contributed by atoms with Gasteiger partial charge in [0.15, 0.2) is 0 Å². The van der Waals surface area contributed by atoms with Crippen LogP contribution in [0.25, 0.3) is 22.8 Å². The number of rotatable bonds is 14. The first-order chi connectivity index (χ1) is 18.1. The molecule has 0 bridgehead atoms. The Morgan fingerprint density at radius 2 is 0.925 bits per heavy atom. The summed E-state index contributed by atoms with van der Waals surface area (Å²) < 4.78 is 0. The van der Waals surface area contributed by atoms with Gasteiger partial charge in [-0.3, -0.25) is 14.8 Å². The van der Waals surface area contributed by atoms with Crippen LogP contribution in [0.5, 0.6) is 0 Å². The first kappa shape index (κ1) is 35.5. The summed E-state index contributed by atoms with van der Waals surface area (Å²) in [6.07, 6.45) is 2.89. The Hall–Kier alpha value is -2.48. The van der Waals surface area contributed by atoms with E-state index in [1.165, 1.54) is 12.4 Å². The fraction of sp³-hybridized carbons (Fsp3) is 0.250. The van der Waals surface area contributed by atoms with Crippen molar-refractivity contribution in [2.45, 2.75) is 13.1 Å². The van der Waals surface area contributed by atoms with Crippen molar-refractivity contribution in [2.24, 2.45) is 0 Å². The molecule has 0 N–H and O–H groups in total. The molecule has 3 aromatic rings. The SMILES string of the molecule is O=C([O-])CN(CC(=O)[O-])Cc1cccc(-c2cncc(-c3cccc(CN(CC(=O)[O-])CC(=O)[O-])n3)n2)n1.[Na+].[Sm+3]. The van der Waals surface area contributed by atoms with Gasteiger partial charge < -0.3 is 39.6 Å². The zero-order valence-electron chi connectivity index (χ0n) is 21.2. The van der Waals surface area contributed by atoms with Crippen LogP contribution in [0, 0.1) is 40.4 Å². The van der Waals surface area contributed by atoms with Crippen molar-refractivity contribution in [3.63, 3.8) is 0 Å². The maximum absolute atomic E-state index is 10.9. The van der Waals surface area contributed by atoms with Crippen LogP contribution in [0.4, 0.5) is 0 Å². The average Bonchev–Trinajstić information content (AvgIpc) is 2.83. The monoisotopic (exact) mass is 695 g/mol. The number of aromatic nitrogens is 4. The number of carbonyl (C=O) groups excluding carboxylic acids is 4. The molecule has 0 unspecified atom stereocenters. The van der Waals surface area contributed by atoms with Gasteiger partial charge in [-0.2, -0.15) is 0 Å². The Balaban J connectivity index is 0.00000400. The Morgan fingerprint density at radius 1 is 0.575 bits per heavy atom. The molecule has 40 heavy (non-hydrogen) atoms. The van der Waals surface area contributed by atoms with Crippen LogP contribution in [0.15, 0.2) is 48.8 Å². The molecule has 14 nitrogen and oxygen atoms in total. The minimum absolute atomic E-state index is 0. The summed E-state index contributed by atoms with van der Waals surface area (Å²) in [6.45, 7) is -2.69. The van der Waals surface area contributed by atoms with Crippen molar-refractivity contribution in [3.05, 3.63) is 60.2 Å². The van der Waals surface area contributed by atoms with Crippen LogP contribution >= 0.6 is 0 Å². The molecule has 0 spiro atoms. The van der Waals surface area contributed by atoms with Gasteiger partial charge in [0, 0.05) is 39.3 Å². The summed E-state index contributed by atoms with van der Waals surface area (Å²) in [6, 6.07) is 9.75. The quantitative estimate of drug-likeness (QED) is 0.143. The molecule has 0 saturated heterocycles. The zero-order chi connectivity index (χ0) is 27.7. The Kier molecular flexibility index (Phi) is 15.4. The van der Waals surface area contributed by atoms with E-state index >= 15 is 0 Å². The van der Waals surface area contributed by atoms with Gasteiger partial charge in [-0.1, -0.05) is 12.1 Å². The van der Waals surface area contributed by atoms with Crippen molar-refractivity contribution in [2.75, 3.05) is 26.2 Å². The molecule has 0 aromatic carbocycles. The van der Waals surface area contributed by atoms with Crippen LogP contribution in [0.1, 0.15) is 11.4 Å². The summed E-state index contributed by atoms with van der Waals surface area (Å²) >= 11 is 0. The molecule has 0 aliphatic carbocycles. The summed E-state index contributed by atoms with van der Waals surface area (Å²) in [5.41, 5.74) is 2.20. The topological polar surface area (TPSA) is 219 Å². The summed E-state index contributed by atoms with van der Waals surface area (Å²) in [5.74, 6) is -5.78. The Labute approximate surface area is 282 Å². The molecule has 0 atom stereocenters. The van der Waals surface area contributed by atoms with E-state index in [2.05, 4.69) is 19.9 Å². The number of nitrogens with zero attached hydrogens (tertiary/aromatic N) is 6. The van der Waals surface area contributed by atoms with Gasteiger partial charge in [-0.05, 0) is 24.3 Å². The van der Waals surface area contributed by atoms with Crippen molar-refractivity contribution >= 4 is 23.9 Å². The van der Waals surface area contributed by atoms with Crippen molar-refractivity contribution < 1.29 is 110 Å². The van der Waals surface area contributed by atoms with Gasteiger partial charge in [0.1, 0.15) is 11.4 Å². The molecule has 16 heteroatoms. The molecule has 0 aliphatic heterocycles. The van der Waals surface area contributed by atoms with Crippen LogP contribution in [-0.4, -0.2) is 79.8 Å². The van der Waals surface area contributed by atoms with E-state index in [-0.39, 0.29) is 83.0 Å². The second kappa shape index (κ2) is 17.4. The molecule has 3 rings (SSSR count). The number of hydrogen-bond donors (Lipinski definition) is 0. The van der Waals surface area contributed by atoms with Crippen molar-refractivity contribution in [1.82, 2.24) is 29.7 Å². The van der Waals surface area contributed by atoms with Crippen LogP contribution in [-0.2, 0) is 32.3 Å². The minimum Gasteiger partial charge on any atom is -0.549 e. The predicted octanol–water partition coefficient (Wildman–Crippen LogP) is -7.79. The van der Waals surface area contributed by atoms with Gasteiger partial charge in [0.25, 0.3) is 0 Å². The van der Waals surface area contributed by atoms with E-state index in [9.17, 15) is 39.6 Å². The summed E-state index contributed by atoms with van der Waals surface area (Å²) in [7, 11) is 0. The molecular weight excluding hydrogens is 674 g/mol. The Bertz CT molecular complexity index is 1220. The molecular formula is C24H20N6NaO8Sm. The van der Waals surface area contributed by atoms with E-state index in [0.29, 0.717) is 34.2 Å². The Morgan fingerprint density at radius 3 is 1.25 bits per heavy atom. The van der Waals surface area contributed by atoms with E-state index in [0.717, 1.165) is 9.80 Å². The van der Waals surface area contributed by atoms with Gasteiger partial charge in [-0.25, -0.2) is 15.0 Å². The normalized spacial score (nSPS) is 10.4. The molecule has 0 fully saturated rings. The number of carbonyl (C=O) groups is 4. The fourth-order valence-corrected chi connectivity index (χ4v) is 3.56. The molecule has 0 saturated carbocycles. The van der Waals surface area contributed by atoms with Gasteiger partial charge in [0.2, 0.25) is 0 Å². The van der Waals surface area contributed by atoms with Crippen molar-refractivity contribution in [3.8, 4) is 22.8 Å². The van der Waals surface area contributed by atoms with E-state index in [1.54, 1.807) is 36.4 Å². The largest absolute Gasteiger partial charge is 3.00 e. The number of pyridine rings is 2. The zero-order valence-corrected chi connectivity index (χ0v) is 25.8. The van der Waals surface area contributed by atoms with Crippen LogP contribution < -0.4 is 50.0 Å². The van der Waals surface area contributed by atoms with Gasteiger partial charge in [-0.15, -0.1) is 0 Å². The first-order valence-corrected chi connectivity index (χ1v) is 11.1. The second-order valence-corrected chi connectivity index (χ2v) is 8.10. The van der Waals surface area contributed by atoms with E-state index in [1.807, 2.05) is 0 Å². The predicted molar refractivity (Wildman–Crippen MR) is 119 cm³/mol. The average molecular weight is 694 g/mol. The van der Waals surface area contributed by atoms with Crippen LogP contribution in [0.2, 0.25) is 0 Å². The third-order valence-corrected chi connectivity index (χ3v) is 4.95. The molecule has 1 radical (unpaired) electrons. The summed E-state index contributed by atoms with van der Waals surface area (Å²) in [4.78, 5) is 63.5. The standard InChI is InChI=1S/C24H24N6O8.Na.Sm/c31-21(32)11-29(12-22(33)34)9-15-3-1-5-17(26-15)19-7-25-8-20(28-19)18-6-2-4-16(27-18)10-30(13-23(35)36)14-24(37)38;;/h1-8H,9-14H2,(H,31,32)(H,33,34)(H,35,36)(H,37,38);;/q;+1;+3/p-4. The third-order valence-electron chi connectivity index (χ3n) is 4.95. The number of hydrogen-bond acceptors (Lipinski definition) is 14. The van der Waals surface area contributed by atoms with Gasteiger partial charge in [0.05, 0.1) is 59.0 Å². The third kappa shape index (κ3) is 11.9. The number of aliphatic carboxylic acids is 4. The van der Waals surface area contributed by atoms with E-state index in [4.69, 9.17) is 0 Å². The maximum Gasteiger partial charge on any atom is 3.00 e. The summed E-state index contributed by atoms with van der Waals surface area (Å²) in [5, 5.41) is 43.8. The molecule has 201 valence electrons. The number of carboxylic acid groups (broad SMARTS) is 4. The molecule has 0 aliphatic rings. The van der Waals surface area contributed by atoms with Gasteiger partial charge >= 0.3 is 69.9 Å². The number of carboxylic acids is 4. The smallest absolute Gasteiger partial charge is 0.549 e. The van der Waals surface area contributed by atoms with E-state index < -0.39 is 50.1 Å². The molecule has 0 amide bonds. The fourth-order valence-electron chi connectivity index (χ4n) is 3.56. The van der Waals surface area contributed by atoms with Crippen LogP contribution in [0.3, 0.4) is 0 Å². The molecule has 3 aromatic heterocycles. The molecule has 3 heterocycles.